The third-order valence-corrected chi connectivity index (χ3v) is 4.07. The zero-order valence-corrected chi connectivity index (χ0v) is 12.4. The van der Waals surface area contributed by atoms with Crippen LogP contribution in [0.4, 0.5) is 0 Å². The fourth-order valence-corrected chi connectivity index (χ4v) is 2.87. The molecular formula is C16H12BrNO2. The molecule has 3 nitrogen and oxygen atoms in total. The highest BCUT2D eigenvalue weighted by Crippen LogP contribution is 2.31. The lowest BCUT2D eigenvalue weighted by atomic mass is 10.1. The van der Waals surface area contributed by atoms with Crippen LogP contribution in [0, 0.1) is 0 Å². The predicted molar refractivity (Wildman–Crippen MR) is 84.3 cm³/mol. The van der Waals surface area contributed by atoms with Crippen LogP contribution in [0.5, 0.6) is 5.75 Å². The van der Waals surface area contributed by atoms with E-state index in [4.69, 9.17) is 4.74 Å². The van der Waals surface area contributed by atoms with Crippen LogP contribution < -0.4 is 10.3 Å². The van der Waals surface area contributed by atoms with Gasteiger partial charge >= 0.3 is 0 Å². The first-order valence-electron chi connectivity index (χ1n) is 6.15. The Labute approximate surface area is 124 Å². The highest BCUT2D eigenvalue weighted by atomic mass is 79.9. The van der Waals surface area contributed by atoms with E-state index in [-0.39, 0.29) is 5.56 Å². The predicted octanol–water partition coefficient (Wildman–Crippen LogP) is 3.97. The van der Waals surface area contributed by atoms with E-state index in [0.29, 0.717) is 5.39 Å². The number of aromatic nitrogens is 1. The number of hydrogen-bond donors (Lipinski definition) is 1. The summed E-state index contributed by atoms with van der Waals surface area (Å²) in [4.78, 5) is 15.1. The smallest absolute Gasteiger partial charge is 0.256 e. The second-order valence-corrected chi connectivity index (χ2v) is 5.21. The highest BCUT2D eigenvalue weighted by Gasteiger charge is 2.10. The minimum Gasteiger partial charge on any atom is -0.497 e. The summed E-state index contributed by atoms with van der Waals surface area (Å²) in [5.74, 6) is 0.785. The van der Waals surface area contributed by atoms with E-state index in [9.17, 15) is 4.79 Å². The fraction of sp³-hybridized carbons (Fsp3) is 0.0625. The van der Waals surface area contributed by atoms with Crippen LogP contribution in [0.1, 0.15) is 0 Å². The number of halogens is 1. The van der Waals surface area contributed by atoms with Gasteiger partial charge in [-0.15, -0.1) is 0 Å². The summed E-state index contributed by atoms with van der Waals surface area (Å²) in [5, 5.41) is 1.58. The lowest BCUT2D eigenvalue weighted by molar-refractivity contribution is 0.415. The normalized spacial score (nSPS) is 10.7. The summed E-state index contributed by atoms with van der Waals surface area (Å²) in [6.45, 7) is 0. The average Bonchev–Trinajstić information content (AvgIpc) is 2.51. The first-order valence-corrected chi connectivity index (χ1v) is 6.95. The average molecular weight is 330 g/mol. The molecule has 0 aliphatic carbocycles. The molecule has 3 rings (SSSR count). The molecule has 1 heterocycles. The molecule has 1 aromatic heterocycles. The van der Waals surface area contributed by atoms with Crippen molar-refractivity contribution in [2.75, 3.05) is 7.11 Å². The zero-order chi connectivity index (χ0) is 14.1. The Hall–Kier alpha value is -2.07. The number of aromatic amines is 1. The quantitative estimate of drug-likeness (QED) is 0.773. The Morgan fingerprint density at radius 1 is 1.00 bits per heavy atom. The Morgan fingerprint density at radius 3 is 2.30 bits per heavy atom. The molecule has 0 radical (unpaired) electrons. The van der Waals surface area contributed by atoms with Crippen molar-refractivity contribution >= 4 is 26.7 Å². The number of rotatable bonds is 2. The SMILES string of the molecule is COc1ccc(-c2[nH]c(=O)c3ccccc3c2Br)cc1. The molecule has 20 heavy (non-hydrogen) atoms. The third-order valence-electron chi connectivity index (χ3n) is 3.24. The molecule has 100 valence electrons. The maximum absolute atomic E-state index is 12.1. The van der Waals surface area contributed by atoms with Gasteiger partial charge in [0, 0.05) is 15.2 Å². The first kappa shape index (κ1) is 12.9. The van der Waals surface area contributed by atoms with Gasteiger partial charge in [-0.3, -0.25) is 4.79 Å². The third kappa shape index (κ3) is 2.12. The van der Waals surface area contributed by atoms with E-state index in [1.165, 1.54) is 0 Å². The summed E-state index contributed by atoms with van der Waals surface area (Å²) < 4.78 is 6.03. The van der Waals surface area contributed by atoms with Gasteiger partial charge in [0.05, 0.1) is 12.8 Å². The van der Waals surface area contributed by atoms with Crippen molar-refractivity contribution in [1.82, 2.24) is 4.98 Å². The number of ether oxygens (including phenoxy) is 1. The molecule has 0 fully saturated rings. The molecule has 2 aromatic carbocycles. The maximum atomic E-state index is 12.1. The molecule has 0 aliphatic rings. The Bertz CT molecular complexity index is 822. The van der Waals surface area contributed by atoms with Crippen LogP contribution in [0.3, 0.4) is 0 Å². The van der Waals surface area contributed by atoms with Gasteiger partial charge in [-0.2, -0.15) is 0 Å². The number of H-pyrrole nitrogens is 1. The number of fused-ring (bicyclic) bond motifs is 1. The minimum absolute atomic E-state index is 0.0883. The lowest BCUT2D eigenvalue weighted by Gasteiger charge is -2.08. The summed E-state index contributed by atoms with van der Waals surface area (Å²) in [6.07, 6.45) is 0. The van der Waals surface area contributed by atoms with E-state index in [1.54, 1.807) is 7.11 Å². The monoisotopic (exact) mass is 329 g/mol. The number of pyridine rings is 1. The van der Waals surface area contributed by atoms with Crippen molar-refractivity contribution in [1.29, 1.82) is 0 Å². The molecule has 3 aromatic rings. The summed E-state index contributed by atoms with van der Waals surface area (Å²) >= 11 is 3.59. The van der Waals surface area contributed by atoms with Crippen molar-refractivity contribution in [2.45, 2.75) is 0 Å². The Morgan fingerprint density at radius 2 is 1.65 bits per heavy atom. The van der Waals surface area contributed by atoms with Crippen LogP contribution >= 0.6 is 15.9 Å². The summed E-state index contributed by atoms with van der Waals surface area (Å²) in [7, 11) is 1.63. The van der Waals surface area contributed by atoms with Gasteiger partial charge in [-0.25, -0.2) is 0 Å². The molecular weight excluding hydrogens is 318 g/mol. The molecule has 0 bridgehead atoms. The lowest BCUT2D eigenvalue weighted by Crippen LogP contribution is -2.08. The first-order chi connectivity index (χ1) is 9.70. The summed E-state index contributed by atoms with van der Waals surface area (Å²) in [5.41, 5.74) is 1.62. The van der Waals surface area contributed by atoms with Gasteiger partial charge in [0.1, 0.15) is 5.75 Å². The van der Waals surface area contributed by atoms with E-state index in [2.05, 4.69) is 20.9 Å². The van der Waals surface area contributed by atoms with Crippen molar-refractivity contribution in [2.24, 2.45) is 0 Å². The van der Waals surface area contributed by atoms with Gasteiger partial charge in [-0.1, -0.05) is 18.2 Å². The number of methoxy groups -OCH3 is 1. The number of hydrogen-bond acceptors (Lipinski definition) is 2. The maximum Gasteiger partial charge on any atom is 0.256 e. The van der Waals surface area contributed by atoms with Crippen LogP contribution in [-0.4, -0.2) is 12.1 Å². The molecule has 4 heteroatoms. The fourth-order valence-electron chi connectivity index (χ4n) is 2.20. The van der Waals surface area contributed by atoms with Gasteiger partial charge in [0.15, 0.2) is 0 Å². The standard InChI is InChI=1S/C16H12BrNO2/c1-20-11-8-6-10(7-9-11)15-14(17)12-4-2-3-5-13(12)16(19)18-15/h2-9H,1H3,(H,18,19). The molecule has 0 aliphatic heterocycles. The minimum atomic E-state index is -0.0883. The highest BCUT2D eigenvalue weighted by molar-refractivity contribution is 9.10. The number of nitrogens with one attached hydrogen (secondary N) is 1. The van der Waals surface area contributed by atoms with Crippen LogP contribution in [0.2, 0.25) is 0 Å². The zero-order valence-electron chi connectivity index (χ0n) is 10.8. The van der Waals surface area contributed by atoms with Gasteiger partial charge in [0.2, 0.25) is 0 Å². The van der Waals surface area contributed by atoms with Gasteiger partial charge in [0.25, 0.3) is 5.56 Å². The van der Waals surface area contributed by atoms with Crippen molar-refractivity contribution < 1.29 is 4.74 Å². The van der Waals surface area contributed by atoms with Crippen molar-refractivity contribution in [3.63, 3.8) is 0 Å². The van der Waals surface area contributed by atoms with E-state index in [0.717, 1.165) is 26.9 Å². The van der Waals surface area contributed by atoms with Crippen LogP contribution in [0.15, 0.2) is 57.8 Å². The van der Waals surface area contributed by atoms with Gasteiger partial charge < -0.3 is 9.72 Å². The Balaban J connectivity index is 2.25. The van der Waals surface area contributed by atoms with Crippen molar-refractivity contribution in [3.05, 3.63) is 63.4 Å². The molecule has 0 atom stereocenters. The van der Waals surface area contributed by atoms with Crippen LogP contribution in [0.25, 0.3) is 22.0 Å². The number of benzene rings is 2. The van der Waals surface area contributed by atoms with E-state index in [1.807, 2.05) is 48.5 Å². The molecule has 0 amide bonds. The Kier molecular flexibility index (Phi) is 3.32. The molecule has 0 unspecified atom stereocenters. The summed E-state index contributed by atoms with van der Waals surface area (Å²) in [6, 6.07) is 15.1. The molecule has 1 N–H and O–H groups in total. The molecule has 0 saturated heterocycles. The van der Waals surface area contributed by atoms with Gasteiger partial charge in [-0.05, 0) is 51.8 Å². The van der Waals surface area contributed by atoms with E-state index >= 15 is 0 Å². The van der Waals surface area contributed by atoms with Crippen LogP contribution in [-0.2, 0) is 0 Å². The largest absolute Gasteiger partial charge is 0.497 e. The van der Waals surface area contributed by atoms with E-state index < -0.39 is 0 Å². The second kappa shape index (κ2) is 5.13. The van der Waals surface area contributed by atoms with Crippen molar-refractivity contribution in [3.8, 4) is 17.0 Å². The second-order valence-electron chi connectivity index (χ2n) is 4.42. The topological polar surface area (TPSA) is 42.1 Å². The molecule has 0 saturated carbocycles. The molecule has 0 spiro atoms.